The highest BCUT2D eigenvalue weighted by molar-refractivity contribution is 5.78. The van der Waals surface area contributed by atoms with Crippen LogP contribution in [-0.2, 0) is 20.9 Å². The van der Waals surface area contributed by atoms with Crippen LogP contribution in [0.2, 0.25) is 0 Å². The SMILES string of the molecule is CNC(=O)[C@@H](C[C@H](O)[C@@H](N)COCc1ccc(-c2ccc(F)cc2)c(OCCCOC)c1)C(C)C. The molecule has 0 unspecified atom stereocenters. The van der Waals surface area contributed by atoms with Crippen LogP contribution in [0.15, 0.2) is 42.5 Å². The van der Waals surface area contributed by atoms with Crippen LogP contribution in [0.25, 0.3) is 11.1 Å². The molecule has 0 aliphatic carbocycles. The van der Waals surface area contributed by atoms with Crippen molar-refractivity contribution in [2.75, 3.05) is 34.0 Å². The first-order valence-corrected chi connectivity index (χ1v) is 12.0. The molecule has 0 radical (unpaired) electrons. The van der Waals surface area contributed by atoms with Gasteiger partial charge >= 0.3 is 0 Å². The zero-order valence-corrected chi connectivity index (χ0v) is 21.1. The third-order valence-electron chi connectivity index (χ3n) is 5.91. The van der Waals surface area contributed by atoms with Gasteiger partial charge < -0.3 is 30.4 Å². The van der Waals surface area contributed by atoms with Crippen LogP contribution in [0.4, 0.5) is 4.39 Å². The quantitative estimate of drug-likeness (QED) is 0.330. The first-order chi connectivity index (χ1) is 16.8. The van der Waals surface area contributed by atoms with E-state index in [0.29, 0.717) is 19.0 Å². The third-order valence-corrected chi connectivity index (χ3v) is 5.91. The summed E-state index contributed by atoms with van der Waals surface area (Å²) in [6.07, 6.45) is 0.147. The molecule has 0 fully saturated rings. The Bertz CT molecular complexity index is 907. The number of aliphatic hydroxyl groups is 1. The van der Waals surface area contributed by atoms with Crippen LogP contribution in [0.3, 0.4) is 0 Å². The summed E-state index contributed by atoms with van der Waals surface area (Å²) in [7, 11) is 3.23. The molecule has 8 heteroatoms. The molecule has 2 rings (SSSR count). The number of ether oxygens (including phenoxy) is 3. The minimum atomic E-state index is -0.861. The smallest absolute Gasteiger partial charge is 0.223 e. The van der Waals surface area contributed by atoms with Crippen LogP contribution >= 0.6 is 0 Å². The Hall–Kier alpha value is -2.52. The normalized spacial score (nSPS) is 13.9. The number of rotatable bonds is 15. The summed E-state index contributed by atoms with van der Waals surface area (Å²) in [6, 6.07) is 11.4. The van der Waals surface area contributed by atoms with Crippen molar-refractivity contribution in [2.24, 2.45) is 17.6 Å². The fraction of sp³-hybridized carbons (Fsp3) is 0.519. The molecule has 0 bridgehead atoms. The van der Waals surface area contributed by atoms with E-state index in [1.165, 1.54) is 12.1 Å². The van der Waals surface area contributed by atoms with Gasteiger partial charge in [0.15, 0.2) is 0 Å². The summed E-state index contributed by atoms with van der Waals surface area (Å²) < 4.78 is 30.2. The molecule has 3 atom stereocenters. The van der Waals surface area contributed by atoms with Gasteiger partial charge in [0.2, 0.25) is 5.91 Å². The van der Waals surface area contributed by atoms with Crippen LogP contribution in [0.5, 0.6) is 5.75 Å². The molecule has 2 aromatic rings. The molecule has 4 N–H and O–H groups in total. The lowest BCUT2D eigenvalue weighted by molar-refractivity contribution is -0.127. The van der Waals surface area contributed by atoms with E-state index in [1.807, 2.05) is 32.0 Å². The molecule has 0 aliphatic rings. The lowest BCUT2D eigenvalue weighted by Gasteiger charge is -2.25. The van der Waals surface area contributed by atoms with Gasteiger partial charge in [-0.05, 0) is 41.7 Å². The predicted molar refractivity (Wildman–Crippen MR) is 134 cm³/mol. The summed E-state index contributed by atoms with van der Waals surface area (Å²) in [5.74, 6) is 0.0300. The van der Waals surface area contributed by atoms with Gasteiger partial charge in [-0.3, -0.25) is 4.79 Å². The minimum absolute atomic E-state index is 0.0830. The van der Waals surface area contributed by atoms with Gasteiger partial charge in [0.25, 0.3) is 0 Å². The van der Waals surface area contributed by atoms with Gasteiger partial charge in [-0.25, -0.2) is 4.39 Å². The van der Waals surface area contributed by atoms with Crippen molar-refractivity contribution in [1.82, 2.24) is 5.32 Å². The molecule has 0 aromatic heterocycles. The van der Waals surface area contributed by atoms with Crippen molar-refractivity contribution >= 4 is 5.91 Å². The van der Waals surface area contributed by atoms with E-state index in [1.54, 1.807) is 26.3 Å². The van der Waals surface area contributed by atoms with Crippen molar-refractivity contribution in [1.29, 1.82) is 0 Å². The number of benzene rings is 2. The second kappa shape index (κ2) is 14.8. The van der Waals surface area contributed by atoms with Crippen LogP contribution in [0.1, 0.15) is 32.3 Å². The van der Waals surface area contributed by atoms with Crippen LogP contribution in [0, 0.1) is 17.7 Å². The fourth-order valence-electron chi connectivity index (χ4n) is 3.76. The molecule has 1 amide bonds. The van der Waals surface area contributed by atoms with Gasteiger partial charge in [0, 0.05) is 38.7 Å². The minimum Gasteiger partial charge on any atom is -0.493 e. The van der Waals surface area contributed by atoms with E-state index in [-0.39, 0.29) is 43.2 Å². The number of carbonyl (C=O) groups is 1. The summed E-state index contributed by atoms with van der Waals surface area (Å²) in [6.45, 7) is 5.38. The first-order valence-electron chi connectivity index (χ1n) is 12.0. The number of methoxy groups -OCH3 is 1. The van der Waals surface area contributed by atoms with Crippen molar-refractivity contribution < 1.29 is 28.5 Å². The molecule has 0 spiro atoms. The van der Waals surface area contributed by atoms with Crippen molar-refractivity contribution in [3.63, 3.8) is 0 Å². The molecule has 0 aliphatic heterocycles. The second-order valence-corrected chi connectivity index (χ2v) is 8.98. The Kier molecular flexibility index (Phi) is 12.1. The van der Waals surface area contributed by atoms with Gasteiger partial charge in [0.1, 0.15) is 11.6 Å². The van der Waals surface area contributed by atoms with Gasteiger partial charge in [0.05, 0.1) is 32.0 Å². The van der Waals surface area contributed by atoms with E-state index in [4.69, 9.17) is 19.9 Å². The van der Waals surface area contributed by atoms with E-state index in [9.17, 15) is 14.3 Å². The predicted octanol–water partition coefficient (Wildman–Crippen LogP) is 3.52. The molecule has 7 nitrogen and oxygen atoms in total. The highest BCUT2D eigenvalue weighted by atomic mass is 19.1. The topological polar surface area (TPSA) is 103 Å². The highest BCUT2D eigenvalue weighted by Crippen LogP contribution is 2.32. The molecule has 0 heterocycles. The zero-order chi connectivity index (χ0) is 25.8. The number of aliphatic hydroxyl groups excluding tert-OH is 1. The Labute approximate surface area is 207 Å². The number of nitrogens with one attached hydrogen (secondary N) is 1. The standard InChI is InChI=1S/C27H39FN2O5/c1-18(2)23(27(32)30-3)15-25(31)24(29)17-34-16-19-6-11-22(20-7-9-21(28)10-8-20)26(14-19)35-13-5-12-33-4/h6-11,14,18,23-25,31H,5,12-13,15-17,29H2,1-4H3,(H,30,32)/t23-,24-,25-/m0/s1. The van der Waals surface area contributed by atoms with Gasteiger partial charge in [-0.1, -0.05) is 38.1 Å². The number of hydrogen-bond acceptors (Lipinski definition) is 6. The Balaban J connectivity index is 2.01. The number of hydrogen-bond donors (Lipinski definition) is 3. The Morgan fingerprint density at radius 2 is 1.86 bits per heavy atom. The van der Waals surface area contributed by atoms with E-state index in [0.717, 1.165) is 23.1 Å². The van der Waals surface area contributed by atoms with E-state index >= 15 is 0 Å². The number of nitrogens with two attached hydrogens (primary N) is 1. The molecular weight excluding hydrogens is 451 g/mol. The average Bonchev–Trinajstić information content (AvgIpc) is 2.85. The summed E-state index contributed by atoms with van der Waals surface area (Å²) in [5.41, 5.74) is 8.72. The largest absolute Gasteiger partial charge is 0.493 e. The third kappa shape index (κ3) is 9.22. The average molecular weight is 491 g/mol. The Morgan fingerprint density at radius 1 is 1.14 bits per heavy atom. The fourth-order valence-corrected chi connectivity index (χ4v) is 3.76. The molecular formula is C27H39FN2O5. The highest BCUT2D eigenvalue weighted by Gasteiger charge is 2.27. The lowest BCUT2D eigenvalue weighted by Crippen LogP contribution is -2.43. The number of carbonyl (C=O) groups excluding carboxylic acids is 1. The second-order valence-electron chi connectivity index (χ2n) is 8.98. The van der Waals surface area contributed by atoms with Crippen molar-refractivity contribution in [3.05, 3.63) is 53.8 Å². The maximum atomic E-state index is 13.4. The van der Waals surface area contributed by atoms with E-state index < -0.39 is 12.1 Å². The van der Waals surface area contributed by atoms with Crippen molar-refractivity contribution in [2.45, 2.75) is 45.4 Å². The van der Waals surface area contributed by atoms with Crippen molar-refractivity contribution in [3.8, 4) is 16.9 Å². The summed E-state index contributed by atoms with van der Waals surface area (Å²) in [4.78, 5) is 12.1. The molecule has 35 heavy (non-hydrogen) atoms. The molecule has 0 saturated heterocycles. The molecule has 2 aromatic carbocycles. The maximum absolute atomic E-state index is 13.4. The number of halogens is 1. The zero-order valence-electron chi connectivity index (χ0n) is 21.1. The van der Waals surface area contributed by atoms with Crippen LogP contribution in [-0.4, -0.2) is 57.1 Å². The van der Waals surface area contributed by atoms with Crippen LogP contribution < -0.4 is 15.8 Å². The lowest BCUT2D eigenvalue weighted by atomic mass is 9.87. The van der Waals surface area contributed by atoms with E-state index in [2.05, 4.69) is 5.32 Å². The monoisotopic (exact) mass is 490 g/mol. The van der Waals surface area contributed by atoms with Gasteiger partial charge in [-0.2, -0.15) is 0 Å². The van der Waals surface area contributed by atoms with Gasteiger partial charge in [-0.15, -0.1) is 0 Å². The summed E-state index contributed by atoms with van der Waals surface area (Å²) in [5, 5.41) is 13.1. The molecule has 0 saturated carbocycles. The first kappa shape index (κ1) is 28.7. The number of amides is 1. The Morgan fingerprint density at radius 3 is 2.49 bits per heavy atom. The maximum Gasteiger partial charge on any atom is 0.223 e. The summed E-state index contributed by atoms with van der Waals surface area (Å²) >= 11 is 0. The molecule has 194 valence electrons.